The summed E-state index contributed by atoms with van der Waals surface area (Å²) in [5.41, 5.74) is 0.982. The van der Waals surface area contributed by atoms with Gasteiger partial charge in [-0.2, -0.15) is 0 Å². The summed E-state index contributed by atoms with van der Waals surface area (Å²) in [6.07, 6.45) is 2.47. The minimum atomic E-state index is -0.381. The number of hydrogen-bond donors (Lipinski definition) is 2. The number of hydrogen-bond acceptors (Lipinski definition) is 4. The van der Waals surface area contributed by atoms with E-state index in [1.807, 2.05) is 18.2 Å². The number of thiocarbonyl (C=S) groups is 1. The minimum absolute atomic E-state index is 0.281. The summed E-state index contributed by atoms with van der Waals surface area (Å²) in [4.78, 5) is 11.9. The van der Waals surface area contributed by atoms with Crippen LogP contribution in [-0.2, 0) is 4.79 Å². The number of rotatable bonds is 3. The van der Waals surface area contributed by atoms with Gasteiger partial charge in [0.15, 0.2) is 12.0 Å². The molecule has 0 saturated heterocycles. The molecule has 5 nitrogen and oxygen atoms in total. The van der Waals surface area contributed by atoms with Gasteiger partial charge in [0.2, 0.25) is 0 Å². The number of carbonyl (C=O) groups is 1. The van der Waals surface area contributed by atoms with Gasteiger partial charge in [-0.05, 0) is 22.8 Å². The zero-order valence-electron chi connectivity index (χ0n) is 8.60. The van der Waals surface area contributed by atoms with E-state index in [4.69, 9.17) is 12.2 Å². The lowest BCUT2D eigenvalue weighted by atomic mass is 10.1. The van der Waals surface area contributed by atoms with Gasteiger partial charge in [-0.1, -0.05) is 35.5 Å². The molecule has 1 aromatic heterocycles. The van der Waals surface area contributed by atoms with Crippen LogP contribution in [0.4, 0.5) is 5.82 Å². The molecule has 0 spiro atoms. The van der Waals surface area contributed by atoms with Gasteiger partial charge < -0.3 is 5.32 Å². The second-order valence-corrected chi connectivity index (χ2v) is 3.30. The Hall–Kier alpha value is -2.30. The highest BCUT2D eigenvalue weighted by Gasteiger charge is 2.12. The molecule has 2 N–H and O–H groups in total. The van der Waals surface area contributed by atoms with Gasteiger partial charge in [-0.15, -0.1) is 5.10 Å². The number of amides is 1. The molecule has 0 saturated carbocycles. The summed E-state index contributed by atoms with van der Waals surface area (Å²) in [6.45, 7) is 0. The van der Waals surface area contributed by atoms with Crippen molar-refractivity contribution >= 4 is 34.5 Å². The third-order valence-electron chi connectivity index (χ3n) is 2.00. The van der Waals surface area contributed by atoms with Crippen LogP contribution in [0.25, 0.3) is 5.57 Å². The summed E-state index contributed by atoms with van der Waals surface area (Å²) in [6, 6.07) is 9.06. The minimum Gasteiger partial charge on any atom is -0.304 e. The third kappa shape index (κ3) is 2.63. The van der Waals surface area contributed by atoms with E-state index in [1.54, 1.807) is 12.1 Å². The molecule has 2 aromatic rings. The summed E-state index contributed by atoms with van der Waals surface area (Å²) in [7, 11) is 0. The monoisotopic (exact) mass is 243 g/mol. The molecule has 83 valence electrons. The smallest absolute Gasteiger partial charge is 0.266 e. The molecular formula is C11H7N4OS. The number of nitrogens with one attached hydrogen (secondary N) is 2. The number of aromatic nitrogens is 3. The van der Waals surface area contributed by atoms with Crippen molar-refractivity contribution in [2.45, 2.75) is 0 Å². The SMILES string of the molecule is O=C(Nc1[c]nn[nH]1)C(=C=S)c1ccccc1. The van der Waals surface area contributed by atoms with Crippen molar-refractivity contribution in [1.82, 2.24) is 15.4 Å². The van der Waals surface area contributed by atoms with Crippen molar-refractivity contribution < 1.29 is 4.79 Å². The van der Waals surface area contributed by atoms with Crippen LogP contribution < -0.4 is 5.32 Å². The molecule has 0 aliphatic heterocycles. The maximum absolute atomic E-state index is 11.9. The van der Waals surface area contributed by atoms with E-state index in [9.17, 15) is 4.79 Å². The van der Waals surface area contributed by atoms with E-state index in [0.29, 0.717) is 5.56 Å². The van der Waals surface area contributed by atoms with Crippen molar-refractivity contribution in [3.63, 3.8) is 0 Å². The molecule has 6 heteroatoms. The van der Waals surface area contributed by atoms with Crippen LogP contribution in [0.2, 0.25) is 0 Å². The highest BCUT2D eigenvalue weighted by Crippen LogP contribution is 2.12. The lowest BCUT2D eigenvalue weighted by Crippen LogP contribution is -2.14. The Morgan fingerprint density at radius 3 is 2.76 bits per heavy atom. The summed E-state index contributed by atoms with van der Waals surface area (Å²) in [5.74, 6) is -0.0952. The lowest BCUT2D eigenvalue weighted by Gasteiger charge is -2.03. The first-order valence-corrected chi connectivity index (χ1v) is 5.12. The van der Waals surface area contributed by atoms with Crippen LogP contribution >= 0.6 is 12.2 Å². The van der Waals surface area contributed by atoms with E-state index in [-0.39, 0.29) is 17.3 Å². The number of carbonyl (C=O) groups excluding carboxylic acids is 1. The van der Waals surface area contributed by atoms with Gasteiger partial charge in [0.25, 0.3) is 5.91 Å². The number of benzene rings is 1. The molecule has 0 aliphatic rings. The summed E-state index contributed by atoms with van der Waals surface area (Å²) < 4.78 is 0. The molecule has 0 unspecified atom stereocenters. The Balaban J connectivity index is 2.21. The Bertz CT molecular complexity index is 558. The fourth-order valence-corrected chi connectivity index (χ4v) is 1.46. The largest absolute Gasteiger partial charge is 0.304 e. The van der Waals surface area contributed by atoms with Gasteiger partial charge in [0, 0.05) is 0 Å². The van der Waals surface area contributed by atoms with Crippen LogP contribution in [0, 0.1) is 6.20 Å². The van der Waals surface area contributed by atoms with Crippen LogP contribution in [-0.4, -0.2) is 26.3 Å². The Morgan fingerprint density at radius 1 is 1.41 bits per heavy atom. The summed E-state index contributed by atoms with van der Waals surface area (Å²) in [5, 5.41) is 14.3. The predicted octanol–water partition coefficient (Wildman–Crippen LogP) is 1.23. The molecule has 1 amide bonds. The van der Waals surface area contributed by atoms with Gasteiger partial charge in [0.1, 0.15) is 5.57 Å². The first kappa shape index (κ1) is 11.2. The number of anilines is 1. The maximum Gasteiger partial charge on any atom is 0.266 e. The highest BCUT2D eigenvalue weighted by molar-refractivity contribution is 7.78. The Morgan fingerprint density at radius 2 is 2.18 bits per heavy atom. The zero-order valence-corrected chi connectivity index (χ0v) is 9.41. The molecule has 1 aromatic carbocycles. The van der Waals surface area contributed by atoms with E-state index in [1.165, 1.54) is 0 Å². The van der Waals surface area contributed by atoms with Crippen LogP contribution in [0.15, 0.2) is 30.3 Å². The molecule has 0 atom stereocenters. The lowest BCUT2D eigenvalue weighted by molar-refractivity contribution is -0.111. The van der Waals surface area contributed by atoms with Gasteiger partial charge >= 0.3 is 0 Å². The van der Waals surface area contributed by atoms with Crippen LogP contribution in [0.5, 0.6) is 0 Å². The molecule has 0 aliphatic carbocycles. The fraction of sp³-hybridized carbons (Fsp3) is 0. The van der Waals surface area contributed by atoms with Gasteiger partial charge in [-0.25, -0.2) is 5.10 Å². The van der Waals surface area contributed by atoms with E-state index >= 15 is 0 Å². The van der Waals surface area contributed by atoms with E-state index in [2.05, 4.69) is 31.9 Å². The van der Waals surface area contributed by atoms with Crippen molar-refractivity contribution in [2.75, 3.05) is 5.32 Å². The van der Waals surface area contributed by atoms with Gasteiger partial charge in [0.05, 0.1) is 0 Å². The average molecular weight is 243 g/mol. The van der Waals surface area contributed by atoms with Crippen molar-refractivity contribution in [3.8, 4) is 0 Å². The topological polar surface area (TPSA) is 70.7 Å². The maximum atomic E-state index is 11.9. The number of H-pyrrole nitrogens is 1. The van der Waals surface area contributed by atoms with Crippen LogP contribution in [0.1, 0.15) is 5.56 Å². The number of nitrogens with zero attached hydrogens (tertiary/aromatic N) is 2. The van der Waals surface area contributed by atoms with Gasteiger partial charge in [-0.3, -0.25) is 4.79 Å². The highest BCUT2D eigenvalue weighted by atomic mass is 32.1. The molecule has 2 rings (SSSR count). The summed E-state index contributed by atoms with van der Waals surface area (Å²) >= 11 is 4.73. The first-order chi connectivity index (χ1) is 8.31. The van der Waals surface area contributed by atoms with Crippen molar-refractivity contribution in [2.24, 2.45) is 0 Å². The average Bonchev–Trinajstić information content (AvgIpc) is 2.84. The first-order valence-electron chi connectivity index (χ1n) is 4.72. The molecule has 17 heavy (non-hydrogen) atoms. The third-order valence-corrected chi connectivity index (χ3v) is 2.21. The zero-order chi connectivity index (χ0) is 12.1. The molecule has 0 fully saturated rings. The Kier molecular flexibility index (Phi) is 3.40. The predicted molar refractivity (Wildman–Crippen MR) is 66.3 cm³/mol. The molecular weight excluding hydrogens is 236 g/mol. The van der Waals surface area contributed by atoms with Crippen molar-refractivity contribution in [1.29, 1.82) is 0 Å². The second kappa shape index (κ2) is 5.16. The fourth-order valence-electron chi connectivity index (χ4n) is 1.25. The second-order valence-electron chi connectivity index (χ2n) is 3.10. The molecule has 1 radical (unpaired) electrons. The molecule has 1 heterocycles. The standard InChI is InChI=1S/C11H7N4OS/c16-11(13-10-6-12-15-14-10)9(7-17)8-4-2-1-3-5-8/h1-5H,(H2,12,13,14,15,16). The van der Waals surface area contributed by atoms with Crippen LogP contribution in [0.3, 0.4) is 0 Å². The molecule has 0 bridgehead atoms. The normalized spacial score (nSPS) is 9.41. The van der Waals surface area contributed by atoms with E-state index < -0.39 is 0 Å². The van der Waals surface area contributed by atoms with Crippen molar-refractivity contribution in [3.05, 3.63) is 42.1 Å². The quantitative estimate of drug-likeness (QED) is 0.628. The Labute approximate surface area is 103 Å². The number of aromatic amines is 1. The van der Waals surface area contributed by atoms with E-state index in [0.717, 1.165) is 0 Å².